The molecule has 31 heavy (non-hydrogen) atoms. The molecule has 7 nitrogen and oxygen atoms in total. The second-order valence-electron chi connectivity index (χ2n) is 6.54. The first-order valence-corrected chi connectivity index (χ1v) is 12.0. The highest BCUT2D eigenvalue weighted by Crippen LogP contribution is 2.22. The number of benzene rings is 2. The molecule has 164 valence electrons. The van der Waals surface area contributed by atoms with Gasteiger partial charge in [-0.15, -0.1) is 0 Å². The number of methoxy groups -OCH3 is 1. The van der Waals surface area contributed by atoms with Gasteiger partial charge in [-0.25, -0.2) is 12.8 Å². The van der Waals surface area contributed by atoms with Crippen LogP contribution in [-0.2, 0) is 30.7 Å². The third-order valence-corrected chi connectivity index (χ3v) is 7.45. The van der Waals surface area contributed by atoms with Crippen LogP contribution < -0.4 is 4.80 Å². The van der Waals surface area contributed by atoms with Crippen LogP contribution in [0.5, 0.6) is 0 Å². The van der Waals surface area contributed by atoms with Gasteiger partial charge in [-0.1, -0.05) is 22.9 Å². The zero-order valence-corrected chi connectivity index (χ0v) is 18.8. The Kier molecular flexibility index (Phi) is 7.24. The number of rotatable bonds is 7. The Balaban J connectivity index is 1.78. The molecule has 1 aromatic heterocycles. The number of hydrogen-bond acceptors (Lipinski definition) is 6. The van der Waals surface area contributed by atoms with Gasteiger partial charge >= 0.3 is 5.97 Å². The van der Waals surface area contributed by atoms with E-state index in [1.807, 2.05) is 0 Å². The highest BCUT2D eigenvalue weighted by atomic mass is 35.5. The summed E-state index contributed by atoms with van der Waals surface area (Å²) in [4.78, 5) is 28.5. The van der Waals surface area contributed by atoms with Crippen molar-refractivity contribution in [1.29, 1.82) is 0 Å². The minimum atomic E-state index is -3.64. The van der Waals surface area contributed by atoms with Gasteiger partial charge in [-0.3, -0.25) is 9.59 Å². The quantitative estimate of drug-likeness (QED) is 0.378. The number of aromatic nitrogens is 1. The van der Waals surface area contributed by atoms with Crippen LogP contribution in [0.15, 0.2) is 52.4 Å². The van der Waals surface area contributed by atoms with E-state index < -0.39 is 27.5 Å². The predicted octanol–water partition coefficient (Wildman–Crippen LogP) is 3.35. The molecule has 3 aromatic rings. The van der Waals surface area contributed by atoms with Crippen LogP contribution in [0.2, 0.25) is 5.02 Å². The highest BCUT2D eigenvalue weighted by molar-refractivity contribution is 7.91. The number of carbonyl (C=O) groups excluding carboxylic acids is 2. The number of halogens is 2. The Bertz CT molecular complexity index is 1300. The van der Waals surface area contributed by atoms with E-state index in [0.717, 1.165) is 16.8 Å². The number of hydrogen-bond donors (Lipinski definition) is 0. The summed E-state index contributed by atoms with van der Waals surface area (Å²) in [6.45, 7) is -0.136. The topological polar surface area (TPSA) is 94.8 Å². The zero-order chi connectivity index (χ0) is 22.6. The van der Waals surface area contributed by atoms with Gasteiger partial charge in [-0.05, 0) is 48.9 Å². The van der Waals surface area contributed by atoms with Gasteiger partial charge in [0.25, 0.3) is 0 Å². The van der Waals surface area contributed by atoms with Crippen molar-refractivity contribution in [2.45, 2.75) is 24.3 Å². The summed E-state index contributed by atoms with van der Waals surface area (Å²) in [7, 11) is -2.38. The number of ether oxygens (including phenoxy) is 1. The number of carbonyl (C=O) groups is 2. The molecule has 1 amide bonds. The summed E-state index contributed by atoms with van der Waals surface area (Å²) >= 11 is 7.21. The molecule has 0 fully saturated rings. The summed E-state index contributed by atoms with van der Waals surface area (Å²) < 4.78 is 44.6. The minimum absolute atomic E-state index is 0.00408. The fourth-order valence-corrected chi connectivity index (χ4v) is 5.45. The predicted molar refractivity (Wildman–Crippen MR) is 115 cm³/mol. The van der Waals surface area contributed by atoms with E-state index in [4.69, 9.17) is 16.3 Å². The van der Waals surface area contributed by atoms with Crippen molar-refractivity contribution in [3.8, 4) is 0 Å². The number of fused-ring (bicyclic) bond motifs is 1. The zero-order valence-electron chi connectivity index (χ0n) is 16.4. The van der Waals surface area contributed by atoms with E-state index in [0.29, 0.717) is 10.5 Å². The van der Waals surface area contributed by atoms with Crippen molar-refractivity contribution in [2.75, 3.05) is 12.9 Å². The maximum absolute atomic E-state index is 13.0. The summed E-state index contributed by atoms with van der Waals surface area (Å²) in [5.41, 5.74) is 0.672. The Labute approximate surface area is 186 Å². The molecule has 0 unspecified atom stereocenters. The molecule has 11 heteroatoms. The number of amides is 1. The lowest BCUT2D eigenvalue weighted by atomic mass is 10.3. The van der Waals surface area contributed by atoms with Gasteiger partial charge in [0.15, 0.2) is 14.6 Å². The van der Waals surface area contributed by atoms with Crippen LogP contribution in [0.4, 0.5) is 4.39 Å². The van der Waals surface area contributed by atoms with Gasteiger partial charge in [0.2, 0.25) is 5.91 Å². The van der Waals surface area contributed by atoms with Crippen molar-refractivity contribution in [2.24, 2.45) is 4.99 Å². The third-order valence-electron chi connectivity index (χ3n) is 4.36. The summed E-state index contributed by atoms with van der Waals surface area (Å²) in [6.07, 6.45) is -0.0522. The number of thiazole rings is 1. The molecule has 3 rings (SSSR count). The van der Waals surface area contributed by atoms with Crippen molar-refractivity contribution < 1.29 is 27.1 Å². The van der Waals surface area contributed by atoms with E-state index in [2.05, 4.69) is 4.99 Å². The first kappa shape index (κ1) is 23.1. The van der Waals surface area contributed by atoms with Crippen LogP contribution >= 0.6 is 22.9 Å². The largest absolute Gasteiger partial charge is 0.468 e. The second-order valence-corrected chi connectivity index (χ2v) is 10.1. The molecule has 0 saturated carbocycles. The van der Waals surface area contributed by atoms with Crippen molar-refractivity contribution >= 4 is 54.9 Å². The molecule has 0 radical (unpaired) electrons. The maximum atomic E-state index is 13.0. The number of nitrogens with zero attached hydrogens (tertiary/aromatic N) is 2. The maximum Gasteiger partial charge on any atom is 0.325 e. The average Bonchev–Trinajstić information content (AvgIpc) is 3.03. The molecule has 0 bridgehead atoms. The minimum Gasteiger partial charge on any atom is -0.468 e. The van der Waals surface area contributed by atoms with Gasteiger partial charge < -0.3 is 9.30 Å². The molecule has 2 aromatic carbocycles. The Morgan fingerprint density at radius 1 is 1.19 bits per heavy atom. The molecule has 0 aliphatic rings. The van der Waals surface area contributed by atoms with Gasteiger partial charge in [0.05, 0.1) is 28.0 Å². The van der Waals surface area contributed by atoms with Crippen LogP contribution in [0.1, 0.15) is 12.8 Å². The first-order valence-electron chi connectivity index (χ1n) is 9.11. The van der Waals surface area contributed by atoms with Crippen LogP contribution in [0.3, 0.4) is 0 Å². The van der Waals surface area contributed by atoms with Crippen molar-refractivity contribution in [3.05, 3.63) is 58.1 Å². The molecular formula is C20H18ClFN2O5S2. The van der Waals surface area contributed by atoms with Crippen molar-refractivity contribution in [1.82, 2.24) is 4.57 Å². The van der Waals surface area contributed by atoms with Crippen LogP contribution in [-0.4, -0.2) is 37.7 Å². The number of esters is 1. The van der Waals surface area contributed by atoms with E-state index in [-0.39, 0.29) is 34.8 Å². The first-order chi connectivity index (χ1) is 14.7. The average molecular weight is 485 g/mol. The normalized spacial score (nSPS) is 12.3. The van der Waals surface area contributed by atoms with E-state index in [1.165, 1.54) is 30.6 Å². The molecule has 0 atom stereocenters. The molecule has 0 N–H and O–H groups in total. The highest BCUT2D eigenvalue weighted by Gasteiger charge is 2.16. The monoisotopic (exact) mass is 484 g/mol. The van der Waals surface area contributed by atoms with E-state index in [9.17, 15) is 22.4 Å². The molecule has 0 aliphatic carbocycles. The SMILES string of the molecule is COC(=O)Cn1c(=NC(=O)CCCS(=O)(=O)c2ccc(F)cc2)sc2cc(Cl)ccc21. The fraction of sp³-hybridized carbons (Fsp3) is 0.250. The van der Waals surface area contributed by atoms with Gasteiger partial charge in [-0.2, -0.15) is 4.99 Å². The Morgan fingerprint density at radius 2 is 1.90 bits per heavy atom. The third kappa shape index (κ3) is 5.78. The van der Waals surface area contributed by atoms with E-state index >= 15 is 0 Å². The Hall–Kier alpha value is -2.56. The Morgan fingerprint density at radius 3 is 2.58 bits per heavy atom. The summed E-state index contributed by atoms with van der Waals surface area (Å²) in [5.74, 6) is -1.83. The van der Waals surface area contributed by atoms with Gasteiger partial charge in [0.1, 0.15) is 12.4 Å². The molecule has 0 aliphatic heterocycles. The lowest BCUT2D eigenvalue weighted by Crippen LogP contribution is -2.22. The van der Waals surface area contributed by atoms with Crippen molar-refractivity contribution in [3.63, 3.8) is 0 Å². The van der Waals surface area contributed by atoms with E-state index in [1.54, 1.807) is 22.8 Å². The fourth-order valence-electron chi connectivity index (χ4n) is 2.81. The van der Waals surface area contributed by atoms with Crippen LogP contribution in [0.25, 0.3) is 10.2 Å². The smallest absolute Gasteiger partial charge is 0.325 e. The molecule has 0 spiro atoms. The summed E-state index contributed by atoms with van der Waals surface area (Å²) in [6, 6.07) is 9.60. The lowest BCUT2D eigenvalue weighted by Gasteiger charge is -2.04. The summed E-state index contributed by atoms with van der Waals surface area (Å²) in [5, 5.41) is 0.503. The molecule has 1 heterocycles. The number of sulfone groups is 1. The second kappa shape index (κ2) is 9.71. The lowest BCUT2D eigenvalue weighted by molar-refractivity contribution is -0.141. The van der Waals surface area contributed by atoms with Crippen LogP contribution in [0, 0.1) is 5.82 Å². The standard InChI is InChI=1S/C20H18ClFN2O5S2/c1-29-19(26)12-24-16-9-4-13(21)11-17(16)30-20(24)23-18(25)3-2-10-31(27,28)15-7-5-14(22)6-8-15/h4-9,11H,2-3,10,12H2,1H3. The van der Waals surface area contributed by atoms with Gasteiger partial charge in [0, 0.05) is 11.4 Å². The molecule has 0 saturated heterocycles. The molecular weight excluding hydrogens is 467 g/mol.